The van der Waals surface area contributed by atoms with Crippen LogP contribution in [0.5, 0.6) is 5.75 Å². The number of ether oxygens (including phenoxy) is 1. The second kappa shape index (κ2) is 5.84. The van der Waals surface area contributed by atoms with Gasteiger partial charge in [0.25, 0.3) is 0 Å². The molecule has 2 rings (SSSR count). The number of methoxy groups -OCH3 is 1. The number of nitrogens with zero attached hydrogens (tertiary/aromatic N) is 1. The van der Waals surface area contributed by atoms with E-state index in [0.717, 1.165) is 28.7 Å². The number of hydrogen-bond donors (Lipinski definition) is 2. The Bertz CT molecular complexity index is 525. The summed E-state index contributed by atoms with van der Waals surface area (Å²) in [6, 6.07) is 7.79. The molecule has 0 saturated carbocycles. The largest absolute Gasteiger partial charge is 0.497 e. The first-order valence-electron chi connectivity index (χ1n) is 5.80. The molecule has 0 amide bonds. The van der Waals surface area contributed by atoms with Crippen molar-refractivity contribution in [2.24, 2.45) is 5.73 Å². The third kappa shape index (κ3) is 3.00. The number of hydrogen-bond acceptors (Lipinski definition) is 5. The van der Waals surface area contributed by atoms with Gasteiger partial charge in [-0.2, -0.15) is 0 Å². The lowest BCUT2D eigenvalue weighted by molar-refractivity contribution is 0.415. The number of nitrogens with one attached hydrogen (secondary N) is 1. The van der Waals surface area contributed by atoms with Crippen molar-refractivity contribution in [2.45, 2.75) is 13.3 Å². The Kier molecular flexibility index (Phi) is 4.17. The van der Waals surface area contributed by atoms with Crippen LogP contribution in [0.2, 0.25) is 0 Å². The molecular weight excluding hydrogens is 246 g/mol. The molecule has 0 radical (unpaired) electrons. The Morgan fingerprint density at radius 3 is 3.00 bits per heavy atom. The van der Waals surface area contributed by atoms with E-state index in [1.807, 2.05) is 31.2 Å². The molecule has 0 unspecified atom stereocenters. The van der Waals surface area contributed by atoms with E-state index in [0.29, 0.717) is 6.54 Å². The second-order valence-corrected chi connectivity index (χ2v) is 5.01. The molecule has 0 spiro atoms. The van der Waals surface area contributed by atoms with Crippen molar-refractivity contribution in [3.05, 3.63) is 34.8 Å². The van der Waals surface area contributed by atoms with Crippen molar-refractivity contribution in [1.29, 1.82) is 0 Å². The third-order valence-electron chi connectivity index (χ3n) is 2.59. The molecule has 3 N–H and O–H groups in total. The minimum atomic E-state index is 0.654. The Morgan fingerprint density at radius 2 is 2.28 bits per heavy atom. The fourth-order valence-corrected chi connectivity index (χ4v) is 2.67. The van der Waals surface area contributed by atoms with E-state index in [1.165, 1.54) is 4.88 Å². The molecule has 0 aliphatic carbocycles. The molecule has 1 aromatic carbocycles. The predicted octanol–water partition coefficient (Wildman–Crippen LogP) is 2.70. The highest BCUT2D eigenvalue weighted by atomic mass is 32.1. The number of anilines is 2. The summed E-state index contributed by atoms with van der Waals surface area (Å²) in [6.45, 7) is 2.67. The van der Waals surface area contributed by atoms with Crippen LogP contribution in [-0.4, -0.2) is 18.6 Å². The molecule has 18 heavy (non-hydrogen) atoms. The van der Waals surface area contributed by atoms with Gasteiger partial charge in [0, 0.05) is 16.6 Å². The molecule has 96 valence electrons. The summed E-state index contributed by atoms with van der Waals surface area (Å²) in [6.07, 6.45) is 0.878. The standard InChI is InChI=1S/C13H17N3OS/c1-9-12(6-7-14)18-13(15-9)16-10-4-3-5-11(8-10)17-2/h3-5,8H,6-7,14H2,1-2H3,(H,15,16). The number of aromatic nitrogens is 1. The van der Waals surface area contributed by atoms with E-state index in [1.54, 1.807) is 18.4 Å². The van der Waals surface area contributed by atoms with Gasteiger partial charge in [0.2, 0.25) is 0 Å². The summed E-state index contributed by atoms with van der Waals surface area (Å²) in [7, 11) is 1.66. The Morgan fingerprint density at radius 1 is 1.44 bits per heavy atom. The minimum absolute atomic E-state index is 0.654. The minimum Gasteiger partial charge on any atom is -0.497 e. The zero-order valence-corrected chi connectivity index (χ0v) is 11.4. The predicted molar refractivity (Wildman–Crippen MR) is 75.9 cm³/mol. The molecule has 0 atom stereocenters. The fourth-order valence-electron chi connectivity index (χ4n) is 1.67. The summed E-state index contributed by atoms with van der Waals surface area (Å²) < 4.78 is 5.19. The van der Waals surface area contributed by atoms with Crippen LogP contribution in [0.15, 0.2) is 24.3 Å². The van der Waals surface area contributed by atoms with Crippen molar-refractivity contribution in [3.8, 4) is 5.75 Å². The molecule has 0 bridgehead atoms. The van der Waals surface area contributed by atoms with Crippen LogP contribution in [0.4, 0.5) is 10.8 Å². The first-order valence-corrected chi connectivity index (χ1v) is 6.62. The maximum Gasteiger partial charge on any atom is 0.187 e. The Balaban J connectivity index is 2.15. The second-order valence-electron chi connectivity index (χ2n) is 3.92. The lowest BCUT2D eigenvalue weighted by Gasteiger charge is -2.04. The average molecular weight is 263 g/mol. The van der Waals surface area contributed by atoms with Crippen molar-refractivity contribution in [1.82, 2.24) is 4.98 Å². The summed E-state index contributed by atoms with van der Waals surface area (Å²) in [5, 5.41) is 4.18. The van der Waals surface area contributed by atoms with Crippen LogP contribution >= 0.6 is 11.3 Å². The van der Waals surface area contributed by atoms with Crippen LogP contribution in [-0.2, 0) is 6.42 Å². The SMILES string of the molecule is COc1cccc(Nc2nc(C)c(CCN)s2)c1. The third-order valence-corrected chi connectivity index (χ3v) is 3.72. The van der Waals surface area contributed by atoms with Gasteiger partial charge in [0.15, 0.2) is 5.13 Å². The van der Waals surface area contributed by atoms with Gasteiger partial charge in [-0.25, -0.2) is 4.98 Å². The first kappa shape index (κ1) is 12.9. The van der Waals surface area contributed by atoms with Gasteiger partial charge in [-0.3, -0.25) is 0 Å². The summed E-state index contributed by atoms with van der Waals surface area (Å²) in [5.74, 6) is 0.829. The molecule has 0 aliphatic heterocycles. The zero-order chi connectivity index (χ0) is 13.0. The van der Waals surface area contributed by atoms with Gasteiger partial charge in [-0.1, -0.05) is 6.07 Å². The summed E-state index contributed by atoms with van der Waals surface area (Å²) in [4.78, 5) is 5.73. The Hall–Kier alpha value is -1.59. The zero-order valence-electron chi connectivity index (χ0n) is 10.6. The quantitative estimate of drug-likeness (QED) is 0.870. The summed E-state index contributed by atoms with van der Waals surface area (Å²) in [5.41, 5.74) is 7.60. The molecular formula is C13H17N3OS. The van der Waals surface area contributed by atoms with Crippen molar-refractivity contribution < 1.29 is 4.74 Å². The topological polar surface area (TPSA) is 60.2 Å². The molecule has 1 heterocycles. The number of aryl methyl sites for hydroxylation is 1. The van der Waals surface area contributed by atoms with Crippen LogP contribution in [0.25, 0.3) is 0 Å². The molecule has 0 fully saturated rings. The lowest BCUT2D eigenvalue weighted by Crippen LogP contribution is -2.01. The fraction of sp³-hybridized carbons (Fsp3) is 0.308. The van der Waals surface area contributed by atoms with Gasteiger partial charge in [-0.05, 0) is 32.0 Å². The molecule has 2 aromatic rings. The molecule has 4 nitrogen and oxygen atoms in total. The van der Waals surface area contributed by atoms with E-state index in [2.05, 4.69) is 10.3 Å². The smallest absolute Gasteiger partial charge is 0.187 e. The lowest BCUT2D eigenvalue weighted by atomic mass is 10.3. The normalized spacial score (nSPS) is 10.4. The van der Waals surface area contributed by atoms with E-state index in [-0.39, 0.29) is 0 Å². The van der Waals surface area contributed by atoms with Gasteiger partial charge >= 0.3 is 0 Å². The van der Waals surface area contributed by atoms with E-state index in [9.17, 15) is 0 Å². The monoisotopic (exact) mass is 263 g/mol. The highest BCUT2D eigenvalue weighted by Crippen LogP contribution is 2.27. The van der Waals surface area contributed by atoms with E-state index in [4.69, 9.17) is 10.5 Å². The van der Waals surface area contributed by atoms with Crippen molar-refractivity contribution in [3.63, 3.8) is 0 Å². The van der Waals surface area contributed by atoms with E-state index >= 15 is 0 Å². The number of rotatable bonds is 5. The average Bonchev–Trinajstić information content (AvgIpc) is 2.70. The molecule has 0 saturated heterocycles. The van der Waals surface area contributed by atoms with Gasteiger partial charge < -0.3 is 15.8 Å². The van der Waals surface area contributed by atoms with Crippen LogP contribution < -0.4 is 15.8 Å². The maximum atomic E-state index is 5.57. The number of benzene rings is 1. The Labute approximate surface area is 111 Å². The first-order chi connectivity index (χ1) is 8.72. The highest BCUT2D eigenvalue weighted by Gasteiger charge is 2.07. The molecule has 0 aliphatic rings. The van der Waals surface area contributed by atoms with Crippen LogP contribution in [0.1, 0.15) is 10.6 Å². The van der Waals surface area contributed by atoms with Gasteiger partial charge in [0.1, 0.15) is 5.75 Å². The van der Waals surface area contributed by atoms with Gasteiger partial charge in [0.05, 0.1) is 12.8 Å². The van der Waals surface area contributed by atoms with Crippen LogP contribution in [0.3, 0.4) is 0 Å². The number of thiazole rings is 1. The van der Waals surface area contributed by atoms with E-state index < -0.39 is 0 Å². The molecule has 5 heteroatoms. The van der Waals surface area contributed by atoms with Crippen molar-refractivity contribution in [2.75, 3.05) is 19.0 Å². The number of nitrogens with two attached hydrogens (primary N) is 1. The van der Waals surface area contributed by atoms with Crippen molar-refractivity contribution >= 4 is 22.2 Å². The summed E-state index contributed by atoms with van der Waals surface area (Å²) >= 11 is 1.65. The molecule has 1 aromatic heterocycles. The highest BCUT2D eigenvalue weighted by molar-refractivity contribution is 7.15. The van der Waals surface area contributed by atoms with Gasteiger partial charge in [-0.15, -0.1) is 11.3 Å². The van der Waals surface area contributed by atoms with Crippen LogP contribution in [0, 0.1) is 6.92 Å². The maximum absolute atomic E-state index is 5.57.